The van der Waals surface area contributed by atoms with Crippen LogP contribution in [0.4, 0.5) is 6.01 Å². The van der Waals surface area contributed by atoms with E-state index in [4.69, 9.17) is 16.0 Å². The molecule has 0 radical (unpaired) electrons. The van der Waals surface area contributed by atoms with Gasteiger partial charge in [0.25, 0.3) is 10.0 Å². The number of halogens is 1. The summed E-state index contributed by atoms with van der Waals surface area (Å²) < 4.78 is 32.5. The molecule has 0 unspecified atom stereocenters. The average molecular weight is 349 g/mol. The first-order chi connectivity index (χ1) is 9.96. The van der Waals surface area contributed by atoms with Gasteiger partial charge in [0.1, 0.15) is 4.21 Å². The first-order valence-electron chi connectivity index (χ1n) is 6.27. The van der Waals surface area contributed by atoms with E-state index >= 15 is 0 Å². The van der Waals surface area contributed by atoms with Crippen LogP contribution in [-0.4, -0.2) is 49.1 Å². The second-order valence-corrected chi connectivity index (χ2v) is 8.43. The van der Waals surface area contributed by atoms with Crippen LogP contribution in [0.15, 0.2) is 20.8 Å². The van der Waals surface area contributed by atoms with E-state index in [9.17, 15) is 8.42 Å². The fraction of sp³-hybridized carbons (Fsp3) is 0.455. The van der Waals surface area contributed by atoms with Crippen LogP contribution in [0.5, 0.6) is 0 Å². The maximum absolute atomic E-state index is 12.5. The normalized spacial score (nSPS) is 17.3. The summed E-state index contributed by atoms with van der Waals surface area (Å²) in [4.78, 5) is 1.88. The quantitative estimate of drug-likeness (QED) is 0.838. The van der Waals surface area contributed by atoms with E-state index in [1.807, 2.05) is 4.90 Å². The highest BCUT2D eigenvalue weighted by atomic mass is 35.5. The first kappa shape index (κ1) is 14.8. The lowest BCUT2D eigenvalue weighted by molar-refractivity contribution is 0.371. The van der Waals surface area contributed by atoms with Crippen molar-refractivity contribution in [2.24, 2.45) is 0 Å². The predicted octanol–water partition coefficient (Wildman–Crippen LogP) is 1.60. The molecule has 1 saturated heterocycles. The molecular formula is C11H13ClN4O3S2. The van der Waals surface area contributed by atoms with Gasteiger partial charge in [-0.15, -0.1) is 16.4 Å². The highest BCUT2D eigenvalue weighted by Crippen LogP contribution is 2.29. The van der Waals surface area contributed by atoms with Gasteiger partial charge in [-0.25, -0.2) is 8.42 Å². The van der Waals surface area contributed by atoms with Crippen molar-refractivity contribution in [2.75, 3.05) is 31.1 Å². The number of rotatable bonds is 3. The minimum absolute atomic E-state index is 0.273. The minimum Gasteiger partial charge on any atom is -0.408 e. The minimum atomic E-state index is -3.47. The molecule has 0 saturated carbocycles. The molecule has 1 aliphatic heterocycles. The van der Waals surface area contributed by atoms with Crippen molar-refractivity contribution >= 4 is 39.0 Å². The van der Waals surface area contributed by atoms with E-state index in [2.05, 4.69) is 10.2 Å². The number of thiophene rings is 1. The van der Waals surface area contributed by atoms with Gasteiger partial charge < -0.3 is 9.32 Å². The topological polar surface area (TPSA) is 79.5 Å². The lowest BCUT2D eigenvalue weighted by atomic mass is 10.4. The molecule has 21 heavy (non-hydrogen) atoms. The molecule has 0 atom stereocenters. The van der Waals surface area contributed by atoms with Gasteiger partial charge in [0.05, 0.1) is 4.34 Å². The molecular weight excluding hydrogens is 336 g/mol. The molecule has 0 amide bonds. The number of piperazine rings is 1. The smallest absolute Gasteiger partial charge is 0.318 e. The summed E-state index contributed by atoms with van der Waals surface area (Å²) in [5, 5.41) is 7.72. The molecule has 0 bridgehead atoms. The Hall–Kier alpha value is -1.16. The number of aryl methyl sites for hydroxylation is 1. The number of sulfonamides is 1. The van der Waals surface area contributed by atoms with Gasteiger partial charge in [-0.3, -0.25) is 0 Å². The Morgan fingerprint density at radius 2 is 1.95 bits per heavy atom. The van der Waals surface area contributed by atoms with Gasteiger partial charge in [0.15, 0.2) is 0 Å². The van der Waals surface area contributed by atoms with Crippen molar-refractivity contribution in [2.45, 2.75) is 11.1 Å². The molecule has 3 heterocycles. The third-order valence-electron chi connectivity index (χ3n) is 3.17. The maximum Gasteiger partial charge on any atom is 0.318 e. The van der Waals surface area contributed by atoms with Crippen LogP contribution in [0, 0.1) is 6.92 Å². The van der Waals surface area contributed by atoms with Crippen LogP contribution in [0.2, 0.25) is 4.34 Å². The number of hydrogen-bond acceptors (Lipinski definition) is 7. The van der Waals surface area contributed by atoms with Gasteiger partial charge in [-0.1, -0.05) is 16.7 Å². The van der Waals surface area contributed by atoms with Crippen LogP contribution in [-0.2, 0) is 10.0 Å². The zero-order valence-electron chi connectivity index (χ0n) is 11.2. The summed E-state index contributed by atoms with van der Waals surface area (Å²) in [6.07, 6.45) is 0. The van der Waals surface area contributed by atoms with Crippen LogP contribution >= 0.6 is 22.9 Å². The highest BCUT2D eigenvalue weighted by molar-refractivity contribution is 7.91. The van der Waals surface area contributed by atoms with Crippen LogP contribution in [0.1, 0.15) is 5.89 Å². The molecule has 0 aliphatic carbocycles. The maximum atomic E-state index is 12.5. The lowest BCUT2D eigenvalue weighted by Gasteiger charge is -2.32. The fourth-order valence-corrected chi connectivity index (χ4v) is 5.16. The summed E-state index contributed by atoms with van der Waals surface area (Å²) in [7, 11) is -3.47. The summed E-state index contributed by atoms with van der Waals surface area (Å²) in [5.74, 6) is 0.494. The molecule has 114 valence electrons. The molecule has 10 heteroatoms. The Bertz CT molecular complexity index is 734. The molecule has 0 N–H and O–H groups in total. The van der Waals surface area contributed by atoms with E-state index in [0.29, 0.717) is 42.4 Å². The van der Waals surface area contributed by atoms with Crippen LogP contribution < -0.4 is 4.90 Å². The van der Waals surface area contributed by atoms with Gasteiger partial charge in [0, 0.05) is 33.1 Å². The molecule has 2 aromatic heterocycles. The van der Waals surface area contributed by atoms with E-state index in [1.54, 1.807) is 13.0 Å². The van der Waals surface area contributed by atoms with Crippen molar-refractivity contribution < 1.29 is 12.8 Å². The molecule has 3 rings (SSSR count). The fourth-order valence-electron chi connectivity index (χ4n) is 2.10. The first-order valence-corrected chi connectivity index (χ1v) is 8.91. The third-order valence-corrected chi connectivity index (χ3v) is 6.76. The average Bonchev–Trinajstić information content (AvgIpc) is 3.08. The standard InChI is InChI=1S/C11H13ClN4O3S2/c1-8-13-14-11(19-8)15-4-6-16(7-5-15)21(17,18)10-3-2-9(12)20-10/h2-3H,4-7H2,1H3. The molecule has 0 aromatic carbocycles. The zero-order valence-corrected chi connectivity index (χ0v) is 13.6. The highest BCUT2D eigenvalue weighted by Gasteiger charge is 2.30. The number of nitrogens with zero attached hydrogens (tertiary/aromatic N) is 4. The summed E-state index contributed by atoms with van der Waals surface area (Å²) in [5.41, 5.74) is 0. The Kier molecular flexibility index (Phi) is 3.91. The van der Waals surface area contributed by atoms with Gasteiger partial charge in [0.2, 0.25) is 5.89 Å². The second-order valence-electron chi connectivity index (χ2n) is 4.55. The van der Waals surface area contributed by atoms with Crippen molar-refractivity contribution in [3.05, 3.63) is 22.4 Å². The summed E-state index contributed by atoms with van der Waals surface area (Å²) >= 11 is 6.88. The monoisotopic (exact) mass is 348 g/mol. The number of anilines is 1. The molecule has 1 aliphatic rings. The van der Waals surface area contributed by atoms with Crippen molar-refractivity contribution in [1.29, 1.82) is 0 Å². The zero-order chi connectivity index (χ0) is 15.0. The number of hydrogen-bond donors (Lipinski definition) is 0. The van der Waals surface area contributed by atoms with Crippen molar-refractivity contribution in [3.63, 3.8) is 0 Å². The van der Waals surface area contributed by atoms with Gasteiger partial charge in [-0.05, 0) is 12.1 Å². The van der Waals surface area contributed by atoms with Crippen molar-refractivity contribution in [3.8, 4) is 0 Å². The largest absolute Gasteiger partial charge is 0.408 e. The predicted molar refractivity (Wildman–Crippen MR) is 79.3 cm³/mol. The Labute approximate surface area is 131 Å². The van der Waals surface area contributed by atoms with Crippen LogP contribution in [0.3, 0.4) is 0 Å². The molecule has 7 nitrogen and oxygen atoms in total. The summed E-state index contributed by atoms with van der Waals surface area (Å²) in [6, 6.07) is 3.57. The van der Waals surface area contributed by atoms with Gasteiger partial charge >= 0.3 is 6.01 Å². The van der Waals surface area contributed by atoms with E-state index in [0.717, 1.165) is 11.3 Å². The lowest BCUT2D eigenvalue weighted by Crippen LogP contribution is -2.48. The SMILES string of the molecule is Cc1nnc(N2CCN(S(=O)(=O)c3ccc(Cl)s3)CC2)o1. The van der Waals surface area contributed by atoms with Gasteiger partial charge in [-0.2, -0.15) is 4.31 Å². The molecule has 0 spiro atoms. The van der Waals surface area contributed by atoms with E-state index in [-0.39, 0.29) is 4.21 Å². The Morgan fingerprint density at radius 3 is 2.48 bits per heavy atom. The van der Waals surface area contributed by atoms with Crippen LogP contribution in [0.25, 0.3) is 0 Å². The Morgan fingerprint density at radius 1 is 1.24 bits per heavy atom. The Balaban J connectivity index is 1.71. The van der Waals surface area contributed by atoms with E-state index in [1.165, 1.54) is 10.4 Å². The second kappa shape index (κ2) is 5.56. The summed E-state index contributed by atoms with van der Waals surface area (Å²) in [6.45, 7) is 3.50. The third kappa shape index (κ3) is 2.91. The molecule has 1 fully saturated rings. The van der Waals surface area contributed by atoms with E-state index < -0.39 is 10.0 Å². The van der Waals surface area contributed by atoms with Crippen molar-refractivity contribution in [1.82, 2.24) is 14.5 Å². The number of aromatic nitrogens is 2. The molecule has 2 aromatic rings.